The predicted octanol–water partition coefficient (Wildman–Crippen LogP) is 12.5. The predicted molar refractivity (Wildman–Crippen MR) is 330 cm³/mol. The number of nitrogen functional groups attached to an aromatic ring is 3. The molecule has 7 N–H and O–H groups in total. The topological polar surface area (TPSA) is 309 Å². The van der Waals surface area contributed by atoms with Gasteiger partial charge in [0.2, 0.25) is 17.6 Å². The molecular weight excluding hydrogens is 1210 g/mol. The summed E-state index contributed by atoms with van der Waals surface area (Å²) in [6.45, 7) is 17.4. The smallest absolute Gasteiger partial charge is 0.405 e. The molecule has 9 aromatic rings. The Bertz CT molecular complexity index is 3910. The van der Waals surface area contributed by atoms with Crippen LogP contribution in [0.4, 0.5) is 36.4 Å². The van der Waals surface area contributed by atoms with Crippen molar-refractivity contribution in [3.05, 3.63) is 166 Å². The van der Waals surface area contributed by atoms with Crippen LogP contribution in [0.1, 0.15) is 84.7 Å². The molecule has 8 aromatic heterocycles. The average Bonchev–Trinajstić information content (AvgIpc) is 2.97. The van der Waals surface area contributed by atoms with E-state index in [0.29, 0.717) is 97.2 Å². The summed E-state index contributed by atoms with van der Waals surface area (Å²) in [6, 6.07) is 16.3. The van der Waals surface area contributed by atoms with Crippen molar-refractivity contribution >= 4 is 44.8 Å². The number of halogens is 4. The van der Waals surface area contributed by atoms with Gasteiger partial charge in [0.1, 0.15) is 57.4 Å². The lowest BCUT2D eigenvalue weighted by Gasteiger charge is -2.16. The largest absolute Gasteiger partial charge is 0.481 e. The molecule has 0 spiro atoms. The molecule has 0 aliphatic rings. The van der Waals surface area contributed by atoms with Gasteiger partial charge in [0.05, 0.1) is 57.9 Å². The third kappa shape index (κ3) is 20.1. The van der Waals surface area contributed by atoms with Gasteiger partial charge < -0.3 is 55.7 Å². The molecular formula is C61H64BrF3N16O7. The molecule has 88 heavy (non-hydrogen) atoms. The van der Waals surface area contributed by atoms with Crippen LogP contribution < -0.4 is 55.7 Å². The second kappa shape index (κ2) is 31.6. The molecule has 27 heteroatoms. The van der Waals surface area contributed by atoms with Crippen molar-refractivity contribution in [2.45, 2.75) is 73.9 Å². The Balaban J connectivity index is 0.000000188. The van der Waals surface area contributed by atoms with E-state index >= 15 is 0 Å². The zero-order valence-electron chi connectivity index (χ0n) is 50.0. The fraction of sp³-hybridized carbons (Fsp3) is 0.246. The van der Waals surface area contributed by atoms with E-state index in [1.165, 1.54) is 32.8 Å². The fourth-order valence-electron chi connectivity index (χ4n) is 7.15. The molecule has 0 unspecified atom stereocenters. The number of pyridine rings is 4. The SMILES string of the molecule is C=C(C)c1cnc(OC)cc1Oc1cnc(C)nc1N.CCc1cnc(OC)cc1Oc1cnc(C)nc1N.COc1cc(Oc2cnc(C)nc2N)c(C#Cc2ccccc2)cn1.Cc1ncc(Oc2cc(Br)ncc2C(C)C)c(NCC(F)(F)F)n1. The number of hydrogen-bond acceptors (Lipinski definition) is 23. The lowest BCUT2D eigenvalue weighted by atomic mass is 10.1. The van der Waals surface area contributed by atoms with E-state index < -0.39 is 12.7 Å². The number of hydrogen-bond donors (Lipinski definition) is 4. The number of anilines is 4. The quantitative estimate of drug-likeness (QED) is 0.0516. The molecule has 0 aliphatic heterocycles. The molecule has 0 saturated carbocycles. The van der Waals surface area contributed by atoms with Gasteiger partial charge in [-0.15, -0.1) is 0 Å². The number of nitrogens with two attached hydrogens (primary N) is 3. The Hall–Kier alpha value is -10.5. The number of alkyl halides is 3. The summed E-state index contributed by atoms with van der Waals surface area (Å²) in [7, 11) is 4.63. The highest BCUT2D eigenvalue weighted by Gasteiger charge is 2.28. The molecule has 458 valence electrons. The summed E-state index contributed by atoms with van der Waals surface area (Å²) >= 11 is 3.26. The first-order valence-electron chi connectivity index (χ1n) is 26.6. The second-order valence-electron chi connectivity index (χ2n) is 18.7. The molecule has 0 fully saturated rings. The highest BCUT2D eigenvalue weighted by atomic mass is 79.9. The number of aromatic nitrogens is 12. The first-order chi connectivity index (χ1) is 41.9. The Morgan fingerprint density at radius 3 is 1.53 bits per heavy atom. The van der Waals surface area contributed by atoms with Crippen molar-refractivity contribution in [3.8, 4) is 75.5 Å². The zero-order chi connectivity index (χ0) is 64.1. The third-order valence-electron chi connectivity index (χ3n) is 11.6. The van der Waals surface area contributed by atoms with E-state index in [1.807, 2.05) is 58.0 Å². The number of nitrogens with zero attached hydrogens (tertiary/aromatic N) is 12. The molecule has 0 aliphatic carbocycles. The highest BCUT2D eigenvalue weighted by Crippen LogP contribution is 2.37. The number of rotatable bonds is 16. The standard InChI is InChI=1S/C19H16N4O2.C15H16BrF3N4O.C14H16N4O2.C13H16N4O2/c1-13-21-12-17(19(20)23-13)25-16-10-18(24-2)22-11-15(16)9-8-14-6-4-3-5-7-14;1-8(2)10-5-21-13(16)4-11(10)24-12-6-20-9(3)23-14(12)22-7-15(17,18)19;1-8(2)10-6-17-13(19-4)5-11(10)20-12-7-16-9(3)18-14(12)15;1-4-9-6-16-12(18-3)5-10(9)19-11-7-15-8(2)17-13(11)14/h3-7,10-12H,1-2H3,(H2,20,21,23);4-6,8H,7H2,1-3H3,(H,20,22,23);5-7H,1H2,2-4H3,(H2,15,16,18);5-7H,4H2,1-3H3,(H2,14,15,17). The van der Waals surface area contributed by atoms with Crippen molar-refractivity contribution in [2.24, 2.45) is 0 Å². The number of nitrogens with one attached hydrogen (secondary N) is 1. The van der Waals surface area contributed by atoms with Crippen LogP contribution in [0.25, 0.3) is 5.57 Å². The van der Waals surface area contributed by atoms with Gasteiger partial charge in [-0.2, -0.15) is 13.2 Å². The maximum absolute atomic E-state index is 12.5. The summed E-state index contributed by atoms with van der Waals surface area (Å²) in [4.78, 5) is 49.0. The summed E-state index contributed by atoms with van der Waals surface area (Å²) in [5, 5.41) is 2.25. The maximum Gasteiger partial charge on any atom is 0.405 e. The third-order valence-corrected chi connectivity index (χ3v) is 12.0. The molecule has 0 atom stereocenters. The number of methoxy groups -OCH3 is 3. The van der Waals surface area contributed by atoms with E-state index in [-0.39, 0.29) is 29.1 Å². The van der Waals surface area contributed by atoms with Crippen LogP contribution in [0, 0.1) is 39.5 Å². The van der Waals surface area contributed by atoms with Crippen LogP contribution >= 0.6 is 15.9 Å². The minimum Gasteiger partial charge on any atom is -0.481 e. The van der Waals surface area contributed by atoms with Crippen LogP contribution in [-0.4, -0.2) is 93.9 Å². The van der Waals surface area contributed by atoms with Crippen molar-refractivity contribution < 1.29 is 46.3 Å². The molecule has 9 rings (SSSR count). The van der Waals surface area contributed by atoms with E-state index in [1.54, 1.807) is 90.1 Å². The van der Waals surface area contributed by atoms with Gasteiger partial charge in [0, 0.05) is 65.1 Å². The second-order valence-corrected chi connectivity index (χ2v) is 19.5. The Kier molecular flexibility index (Phi) is 23.9. The molecule has 8 heterocycles. The summed E-state index contributed by atoms with van der Waals surface area (Å²) < 4.78 is 76.4. The molecule has 0 radical (unpaired) electrons. The van der Waals surface area contributed by atoms with Crippen LogP contribution in [0.2, 0.25) is 0 Å². The van der Waals surface area contributed by atoms with Gasteiger partial charge in [0.25, 0.3) is 0 Å². The first-order valence-corrected chi connectivity index (χ1v) is 27.4. The molecule has 0 amide bonds. The van der Waals surface area contributed by atoms with Crippen LogP contribution in [0.15, 0.2) is 115 Å². The monoisotopic (exact) mass is 1270 g/mol. The van der Waals surface area contributed by atoms with E-state index in [2.05, 4.69) is 99.5 Å². The maximum atomic E-state index is 12.5. The van der Waals surface area contributed by atoms with Gasteiger partial charge in [0.15, 0.2) is 46.3 Å². The summed E-state index contributed by atoms with van der Waals surface area (Å²) in [5.74, 6) is 13.9. The van der Waals surface area contributed by atoms with Gasteiger partial charge in [-0.25, -0.2) is 59.8 Å². The number of benzene rings is 1. The Labute approximate surface area is 515 Å². The summed E-state index contributed by atoms with van der Waals surface area (Å²) in [6.07, 6.45) is 9.01. The minimum atomic E-state index is -4.36. The lowest BCUT2D eigenvalue weighted by Crippen LogP contribution is -2.22. The zero-order valence-corrected chi connectivity index (χ0v) is 51.6. The van der Waals surface area contributed by atoms with E-state index in [9.17, 15) is 13.2 Å². The first kappa shape index (κ1) is 66.6. The van der Waals surface area contributed by atoms with Crippen LogP contribution in [0.5, 0.6) is 63.6 Å². The lowest BCUT2D eigenvalue weighted by molar-refractivity contribution is -0.115. The number of aryl methyl sites for hydroxylation is 5. The van der Waals surface area contributed by atoms with E-state index in [4.69, 9.17) is 50.4 Å². The Morgan fingerprint density at radius 1 is 0.568 bits per heavy atom. The van der Waals surface area contributed by atoms with Gasteiger partial charge in [-0.1, -0.05) is 57.4 Å². The van der Waals surface area contributed by atoms with Gasteiger partial charge in [-0.05, 0) is 80.6 Å². The summed E-state index contributed by atoms with van der Waals surface area (Å²) in [5.41, 5.74) is 22.4. The average molecular weight is 1270 g/mol. The Morgan fingerprint density at radius 2 is 1.03 bits per heavy atom. The molecule has 1 aromatic carbocycles. The van der Waals surface area contributed by atoms with Crippen molar-refractivity contribution in [1.82, 2.24) is 59.8 Å². The van der Waals surface area contributed by atoms with Crippen LogP contribution in [-0.2, 0) is 6.42 Å². The fourth-order valence-corrected chi connectivity index (χ4v) is 7.46. The van der Waals surface area contributed by atoms with Crippen LogP contribution in [0.3, 0.4) is 0 Å². The van der Waals surface area contributed by atoms with Crippen molar-refractivity contribution in [2.75, 3.05) is 50.4 Å². The normalized spacial score (nSPS) is 10.5. The van der Waals surface area contributed by atoms with Gasteiger partial charge in [-0.3, -0.25) is 0 Å². The van der Waals surface area contributed by atoms with Crippen molar-refractivity contribution in [1.29, 1.82) is 0 Å². The minimum absolute atomic E-state index is 0.0116. The van der Waals surface area contributed by atoms with Crippen molar-refractivity contribution in [3.63, 3.8) is 0 Å². The molecule has 0 saturated heterocycles. The highest BCUT2D eigenvalue weighted by molar-refractivity contribution is 9.10. The number of allylic oxidation sites excluding steroid dienone is 1. The van der Waals surface area contributed by atoms with E-state index in [0.717, 1.165) is 34.2 Å². The molecule has 0 bridgehead atoms. The van der Waals surface area contributed by atoms with Gasteiger partial charge >= 0.3 is 6.18 Å². The number of ether oxygens (including phenoxy) is 7. The molecule has 23 nitrogen and oxygen atoms in total.